The van der Waals surface area contributed by atoms with E-state index in [2.05, 4.69) is 4.72 Å². The fourth-order valence-corrected chi connectivity index (χ4v) is 4.82. The van der Waals surface area contributed by atoms with Gasteiger partial charge in [-0.2, -0.15) is 0 Å². The van der Waals surface area contributed by atoms with Gasteiger partial charge >= 0.3 is 0 Å². The fourth-order valence-electron chi connectivity index (χ4n) is 2.78. The van der Waals surface area contributed by atoms with Gasteiger partial charge in [0.05, 0.1) is 16.8 Å². The Kier molecular flexibility index (Phi) is 4.98. The summed E-state index contributed by atoms with van der Waals surface area (Å²) in [5, 5.41) is 1.71. The van der Waals surface area contributed by atoms with Crippen molar-refractivity contribution in [2.75, 3.05) is 22.8 Å². The third kappa shape index (κ3) is 3.57. The number of rotatable bonds is 5. The third-order valence-electron chi connectivity index (χ3n) is 4.12. The van der Waals surface area contributed by atoms with E-state index in [1.807, 2.05) is 20.8 Å². The fraction of sp³-hybridized carbons (Fsp3) is 0.389. The van der Waals surface area contributed by atoms with Gasteiger partial charge in [-0.25, -0.2) is 8.42 Å². The topological polar surface area (TPSA) is 75.7 Å². The van der Waals surface area contributed by atoms with E-state index in [1.54, 1.807) is 40.6 Å². The molecule has 8 heteroatoms. The molecule has 0 unspecified atom stereocenters. The summed E-state index contributed by atoms with van der Waals surface area (Å²) in [6.07, 6.45) is 0.784. The van der Waals surface area contributed by atoms with Crippen LogP contribution in [0.25, 0.3) is 0 Å². The normalized spacial score (nSPS) is 16.6. The van der Waals surface area contributed by atoms with Crippen molar-refractivity contribution < 1.29 is 17.9 Å². The number of nitrogens with one attached hydrogen (secondary N) is 1. The van der Waals surface area contributed by atoms with E-state index in [0.717, 1.165) is 17.8 Å². The molecular formula is C18H22N2O4S2. The van der Waals surface area contributed by atoms with Crippen LogP contribution in [0.4, 0.5) is 11.4 Å². The molecule has 1 amide bonds. The van der Waals surface area contributed by atoms with Crippen LogP contribution < -0.4 is 14.4 Å². The Labute approximate surface area is 157 Å². The van der Waals surface area contributed by atoms with Crippen LogP contribution in [0.5, 0.6) is 5.75 Å². The van der Waals surface area contributed by atoms with E-state index in [-0.39, 0.29) is 16.7 Å². The molecular weight excluding hydrogens is 372 g/mol. The zero-order valence-corrected chi connectivity index (χ0v) is 16.6. The van der Waals surface area contributed by atoms with Gasteiger partial charge in [0.2, 0.25) is 5.91 Å². The predicted octanol–water partition coefficient (Wildman–Crippen LogP) is 3.71. The molecule has 0 bridgehead atoms. The molecule has 0 spiro atoms. The minimum Gasteiger partial charge on any atom is -0.490 e. The number of carbonyl (C=O) groups excluding carboxylic acids is 1. The molecule has 6 nitrogen and oxygen atoms in total. The zero-order valence-electron chi connectivity index (χ0n) is 15.0. The number of anilines is 2. The first-order chi connectivity index (χ1) is 12.2. The molecule has 0 fully saturated rings. The molecule has 140 valence electrons. The van der Waals surface area contributed by atoms with Gasteiger partial charge in [-0.15, -0.1) is 11.3 Å². The van der Waals surface area contributed by atoms with E-state index < -0.39 is 15.4 Å². The Hall–Kier alpha value is -2.06. The number of ether oxygens (including phenoxy) is 1. The second-order valence-corrected chi connectivity index (χ2v) is 9.71. The van der Waals surface area contributed by atoms with Gasteiger partial charge in [0.15, 0.2) is 0 Å². The van der Waals surface area contributed by atoms with E-state index in [0.29, 0.717) is 23.7 Å². The van der Waals surface area contributed by atoms with Crippen LogP contribution in [0.1, 0.15) is 27.2 Å². The Morgan fingerprint density at radius 2 is 2.08 bits per heavy atom. The molecule has 1 aromatic heterocycles. The number of hydrogen-bond donors (Lipinski definition) is 1. The molecule has 2 aromatic rings. The first-order valence-corrected chi connectivity index (χ1v) is 10.8. The van der Waals surface area contributed by atoms with Crippen LogP contribution in [-0.4, -0.2) is 27.5 Å². The average molecular weight is 395 g/mol. The summed E-state index contributed by atoms with van der Waals surface area (Å²) in [6, 6.07) is 8.26. The van der Waals surface area contributed by atoms with Gasteiger partial charge in [-0.05, 0) is 49.9 Å². The molecule has 3 rings (SSSR count). The molecule has 1 N–H and O–H groups in total. The molecule has 2 heterocycles. The quantitative estimate of drug-likeness (QED) is 0.839. The van der Waals surface area contributed by atoms with E-state index in [1.165, 1.54) is 0 Å². The Balaban J connectivity index is 1.99. The Morgan fingerprint density at radius 1 is 1.31 bits per heavy atom. The number of carbonyl (C=O) groups is 1. The van der Waals surface area contributed by atoms with Crippen molar-refractivity contribution in [3.63, 3.8) is 0 Å². The molecule has 0 saturated heterocycles. The van der Waals surface area contributed by atoms with Crippen molar-refractivity contribution >= 4 is 38.6 Å². The van der Waals surface area contributed by atoms with Crippen LogP contribution in [0.3, 0.4) is 0 Å². The number of nitrogens with zero attached hydrogens (tertiary/aromatic N) is 1. The van der Waals surface area contributed by atoms with Gasteiger partial charge < -0.3 is 9.64 Å². The number of thiophene rings is 1. The standard InChI is InChI=1S/C18H22N2O4S2/c1-4-9-20-14-11-13(19-26(22,23)16-6-5-10-25-16)7-8-15(14)24-12-18(2,3)17(20)21/h5-8,10-11,19H,4,9,12H2,1-3H3. The van der Waals surface area contributed by atoms with Crippen molar-refractivity contribution in [1.82, 2.24) is 0 Å². The maximum Gasteiger partial charge on any atom is 0.271 e. The summed E-state index contributed by atoms with van der Waals surface area (Å²) in [6.45, 7) is 6.52. The Bertz CT molecular complexity index is 905. The van der Waals surface area contributed by atoms with E-state index in [9.17, 15) is 13.2 Å². The molecule has 1 aromatic carbocycles. The van der Waals surface area contributed by atoms with Gasteiger partial charge in [-0.3, -0.25) is 9.52 Å². The molecule has 1 aliphatic rings. The summed E-state index contributed by atoms with van der Waals surface area (Å²) in [5.41, 5.74) is 0.341. The predicted molar refractivity (Wildman–Crippen MR) is 103 cm³/mol. The van der Waals surface area contributed by atoms with Crippen molar-refractivity contribution in [1.29, 1.82) is 0 Å². The lowest BCUT2D eigenvalue weighted by atomic mass is 9.93. The molecule has 0 atom stereocenters. The zero-order chi connectivity index (χ0) is 18.9. The van der Waals surface area contributed by atoms with Crippen molar-refractivity contribution in [3.05, 3.63) is 35.7 Å². The monoisotopic (exact) mass is 394 g/mol. The number of benzene rings is 1. The lowest BCUT2D eigenvalue weighted by molar-refractivity contribution is -0.127. The molecule has 0 radical (unpaired) electrons. The summed E-state index contributed by atoms with van der Waals surface area (Å²) < 4.78 is 33.6. The van der Waals surface area contributed by atoms with Gasteiger partial charge in [0.1, 0.15) is 16.6 Å². The lowest BCUT2D eigenvalue weighted by Gasteiger charge is -2.27. The molecule has 0 aliphatic carbocycles. The number of hydrogen-bond acceptors (Lipinski definition) is 5. The largest absolute Gasteiger partial charge is 0.490 e. The number of fused-ring (bicyclic) bond motifs is 1. The average Bonchev–Trinajstić information content (AvgIpc) is 3.10. The van der Waals surface area contributed by atoms with Crippen LogP contribution in [0.15, 0.2) is 39.9 Å². The number of amides is 1. The first kappa shape index (κ1) is 18.7. The van der Waals surface area contributed by atoms with Gasteiger partial charge in [0.25, 0.3) is 10.0 Å². The van der Waals surface area contributed by atoms with E-state index in [4.69, 9.17) is 4.74 Å². The second kappa shape index (κ2) is 6.92. The van der Waals surface area contributed by atoms with Gasteiger partial charge in [-0.1, -0.05) is 13.0 Å². The highest BCUT2D eigenvalue weighted by Gasteiger charge is 2.37. The SMILES string of the molecule is CCCN1C(=O)C(C)(C)COc2ccc(NS(=O)(=O)c3cccs3)cc21. The van der Waals surface area contributed by atoms with Gasteiger partial charge in [0, 0.05) is 6.54 Å². The van der Waals surface area contributed by atoms with Crippen LogP contribution in [0, 0.1) is 5.41 Å². The minimum atomic E-state index is -3.65. The molecule has 0 saturated carbocycles. The van der Waals surface area contributed by atoms with Crippen molar-refractivity contribution in [2.24, 2.45) is 5.41 Å². The molecule has 1 aliphatic heterocycles. The Morgan fingerprint density at radius 3 is 2.73 bits per heavy atom. The lowest BCUT2D eigenvalue weighted by Crippen LogP contribution is -2.42. The smallest absolute Gasteiger partial charge is 0.271 e. The maximum absolute atomic E-state index is 12.9. The van der Waals surface area contributed by atoms with Crippen LogP contribution in [-0.2, 0) is 14.8 Å². The first-order valence-electron chi connectivity index (χ1n) is 8.40. The summed E-state index contributed by atoms with van der Waals surface area (Å²) >= 11 is 1.15. The van der Waals surface area contributed by atoms with E-state index >= 15 is 0 Å². The third-order valence-corrected chi connectivity index (χ3v) is 6.90. The van der Waals surface area contributed by atoms with Crippen molar-refractivity contribution in [2.45, 2.75) is 31.4 Å². The molecule has 26 heavy (non-hydrogen) atoms. The highest BCUT2D eigenvalue weighted by Crippen LogP contribution is 2.38. The highest BCUT2D eigenvalue weighted by molar-refractivity contribution is 7.94. The van der Waals surface area contributed by atoms with Crippen molar-refractivity contribution in [3.8, 4) is 5.75 Å². The summed E-state index contributed by atoms with van der Waals surface area (Å²) in [7, 11) is -3.65. The van der Waals surface area contributed by atoms with Crippen LogP contribution >= 0.6 is 11.3 Å². The maximum atomic E-state index is 12.9. The highest BCUT2D eigenvalue weighted by atomic mass is 32.2. The minimum absolute atomic E-state index is 0.0311. The van der Waals surface area contributed by atoms with Crippen LogP contribution in [0.2, 0.25) is 0 Å². The second-order valence-electron chi connectivity index (χ2n) is 6.85. The summed E-state index contributed by atoms with van der Waals surface area (Å²) in [4.78, 5) is 14.6. The summed E-state index contributed by atoms with van der Waals surface area (Å²) in [5.74, 6) is 0.549. The number of sulfonamides is 1.